The van der Waals surface area contributed by atoms with Crippen LogP contribution in [-0.4, -0.2) is 31.3 Å². The van der Waals surface area contributed by atoms with E-state index >= 15 is 0 Å². The van der Waals surface area contributed by atoms with E-state index in [1.807, 2.05) is 0 Å². The number of aryl methyl sites for hydroxylation is 1. The molecule has 2 aromatic heterocycles. The second kappa shape index (κ2) is 5.41. The van der Waals surface area contributed by atoms with Crippen LogP contribution in [0.2, 0.25) is 0 Å². The van der Waals surface area contributed by atoms with Crippen LogP contribution in [0.3, 0.4) is 0 Å². The molecule has 0 aliphatic heterocycles. The zero-order valence-corrected chi connectivity index (χ0v) is 14.4. The average molecular weight is 341 g/mol. The lowest BCUT2D eigenvalue weighted by atomic mass is 9.79. The maximum Gasteiger partial charge on any atom is 0.264 e. The molecule has 25 heavy (non-hydrogen) atoms. The highest BCUT2D eigenvalue weighted by molar-refractivity contribution is 5.77. The van der Waals surface area contributed by atoms with Gasteiger partial charge in [0, 0.05) is 13.1 Å². The summed E-state index contributed by atoms with van der Waals surface area (Å²) in [6, 6.07) is 0.294. The molecule has 0 saturated heterocycles. The first-order valence-electron chi connectivity index (χ1n) is 9.28. The summed E-state index contributed by atoms with van der Waals surface area (Å²) in [5.74, 6) is 3.11. The van der Waals surface area contributed by atoms with Crippen LogP contribution in [0.15, 0.2) is 17.3 Å². The molecule has 5 atom stereocenters. The van der Waals surface area contributed by atoms with Crippen LogP contribution in [0.4, 0.5) is 0 Å². The van der Waals surface area contributed by atoms with Gasteiger partial charge in [0.25, 0.3) is 5.56 Å². The molecule has 7 heteroatoms. The Morgan fingerprint density at radius 1 is 1.28 bits per heavy atom. The second-order valence-corrected chi connectivity index (χ2v) is 8.01. The molecule has 5 rings (SSSR count). The SMILES string of the molecule is Cn1ncc2c(=O)n(CC(=O)NC3CC4CC3C3CCCC43)cnc21. The van der Waals surface area contributed by atoms with E-state index in [0.29, 0.717) is 23.0 Å². The molecule has 0 radical (unpaired) electrons. The van der Waals surface area contributed by atoms with Crippen molar-refractivity contribution in [2.24, 2.45) is 30.7 Å². The maximum atomic E-state index is 12.5. The summed E-state index contributed by atoms with van der Waals surface area (Å²) in [5.41, 5.74) is 0.332. The van der Waals surface area contributed by atoms with Gasteiger partial charge in [0.2, 0.25) is 5.91 Å². The van der Waals surface area contributed by atoms with Gasteiger partial charge in [-0.15, -0.1) is 0 Å². The van der Waals surface area contributed by atoms with Crippen molar-refractivity contribution in [2.45, 2.75) is 44.7 Å². The van der Waals surface area contributed by atoms with Crippen molar-refractivity contribution < 1.29 is 4.79 Å². The van der Waals surface area contributed by atoms with Crippen LogP contribution in [-0.2, 0) is 18.4 Å². The lowest BCUT2D eigenvalue weighted by Gasteiger charge is -2.32. The third-order valence-corrected chi connectivity index (χ3v) is 6.81. The standard InChI is InChI=1S/C18H23N5O2/c1-22-17-14(7-20-22)18(25)23(9-19-17)8-16(24)21-15-6-10-5-13(15)12-4-2-3-11(10)12/h7,9-13,15H,2-6,8H2,1H3,(H,21,24). The Hall–Kier alpha value is -2.18. The molecule has 3 saturated carbocycles. The van der Waals surface area contributed by atoms with E-state index < -0.39 is 0 Å². The third-order valence-electron chi connectivity index (χ3n) is 6.81. The van der Waals surface area contributed by atoms with Crippen LogP contribution in [0, 0.1) is 23.7 Å². The summed E-state index contributed by atoms with van der Waals surface area (Å²) in [5, 5.41) is 7.71. The van der Waals surface area contributed by atoms with Crippen LogP contribution in [0.5, 0.6) is 0 Å². The highest BCUT2D eigenvalue weighted by atomic mass is 16.2. The maximum absolute atomic E-state index is 12.5. The fraction of sp³-hybridized carbons (Fsp3) is 0.667. The van der Waals surface area contributed by atoms with E-state index in [9.17, 15) is 9.59 Å². The zero-order chi connectivity index (χ0) is 17.1. The molecule has 0 spiro atoms. The Morgan fingerprint density at radius 2 is 2.12 bits per heavy atom. The largest absolute Gasteiger partial charge is 0.352 e. The van der Waals surface area contributed by atoms with E-state index in [0.717, 1.165) is 24.2 Å². The molecule has 5 unspecified atom stereocenters. The lowest BCUT2D eigenvalue weighted by molar-refractivity contribution is -0.123. The number of rotatable bonds is 3. The molecular weight excluding hydrogens is 318 g/mol. The Balaban J connectivity index is 1.30. The van der Waals surface area contributed by atoms with Gasteiger partial charge >= 0.3 is 0 Å². The van der Waals surface area contributed by atoms with E-state index in [2.05, 4.69) is 15.4 Å². The van der Waals surface area contributed by atoms with Gasteiger partial charge in [-0.1, -0.05) is 6.42 Å². The number of carbonyl (C=O) groups excluding carboxylic acids is 1. The Morgan fingerprint density at radius 3 is 3.00 bits per heavy atom. The first-order valence-corrected chi connectivity index (χ1v) is 9.28. The number of amides is 1. The summed E-state index contributed by atoms with van der Waals surface area (Å²) >= 11 is 0. The van der Waals surface area contributed by atoms with Crippen LogP contribution in [0.1, 0.15) is 32.1 Å². The number of hydrogen-bond donors (Lipinski definition) is 1. The molecular formula is C18H23N5O2. The van der Waals surface area contributed by atoms with Gasteiger partial charge in [0.05, 0.1) is 6.20 Å². The molecule has 2 heterocycles. The van der Waals surface area contributed by atoms with Crippen LogP contribution >= 0.6 is 0 Å². The normalized spacial score (nSPS) is 33.1. The Labute approximate surface area is 145 Å². The molecule has 3 aliphatic rings. The predicted octanol–water partition coefficient (Wildman–Crippen LogP) is 1.07. The van der Waals surface area contributed by atoms with Crippen molar-refractivity contribution in [2.75, 3.05) is 0 Å². The predicted molar refractivity (Wildman–Crippen MR) is 91.7 cm³/mol. The molecule has 132 valence electrons. The monoisotopic (exact) mass is 341 g/mol. The highest BCUT2D eigenvalue weighted by Gasteiger charge is 2.53. The minimum Gasteiger partial charge on any atom is -0.352 e. The zero-order valence-electron chi connectivity index (χ0n) is 14.4. The minimum atomic E-state index is -0.211. The van der Waals surface area contributed by atoms with Gasteiger partial charge in [-0.3, -0.25) is 18.8 Å². The van der Waals surface area contributed by atoms with E-state index in [1.54, 1.807) is 11.7 Å². The Kier molecular flexibility index (Phi) is 3.27. The molecule has 7 nitrogen and oxygen atoms in total. The molecule has 0 aromatic carbocycles. The minimum absolute atomic E-state index is 0.0264. The van der Waals surface area contributed by atoms with Crippen molar-refractivity contribution in [3.8, 4) is 0 Å². The van der Waals surface area contributed by atoms with E-state index in [-0.39, 0.29) is 18.0 Å². The second-order valence-electron chi connectivity index (χ2n) is 8.01. The van der Waals surface area contributed by atoms with Crippen molar-refractivity contribution in [3.63, 3.8) is 0 Å². The number of fused-ring (bicyclic) bond motifs is 6. The molecule has 3 fully saturated rings. The van der Waals surface area contributed by atoms with Crippen LogP contribution < -0.4 is 10.9 Å². The number of aromatic nitrogens is 4. The van der Waals surface area contributed by atoms with Gasteiger partial charge in [0.15, 0.2) is 5.65 Å². The smallest absolute Gasteiger partial charge is 0.264 e. The lowest BCUT2D eigenvalue weighted by Crippen LogP contribution is -2.44. The van der Waals surface area contributed by atoms with Crippen molar-refractivity contribution >= 4 is 16.9 Å². The summed E-state index contributed by atoms with van der Waals surface area (Å²) in [4.78, 5) is 29.2. The fourth-order valence-corrected chi connectivity index (χ4v) is 5.82. The first kappa shape index (κ1) is 15.1. The highest BCUT2D eigenvalue weighted by Crippen LogP contribution is 2.58. The summed E-state index contributed by atoms with van der Waals surface area (Å²) in [6.45, 7) is 0.0264. The van der Waals surface area contributed by atoms with Gasteiger partial charge in [0.1, 0.15) is 18.3 Å². The molecule has 2 bridgehead atoms. The van der Waals surface area contributed by atoms with Gasteiger partial charge < -0.3 is 5.32 Å². The number of nitrogens with zero attached hydrogens (tertiary/aromatic N) is 4. The van der Waals surface area contributed by atoms with Crippen LogP contribution in [0.25, 0.3) is 11.0 Å². The quantitative estimate of drug-likeness (QED) is 0.905. The number of carbonyl (C=O) groups is 1. The van der Waals surface area contributed by atoms with Gasteiger partial charge in [-0.2, -0.15) is 5.10 Å². The summed E-state index contributed by atoms with van der Waals surface area (Å²) in [7, 11) is 1.75. The number of nitrogens with one attached hydrogen (secondary N) is 1. The van der Waals surface area contributed by atoms with Crippen molar-refractivity contribution in [1.82, 2.24) is 24.6 Å². The molecule has 3 aliphatic carbocycles. The topological polar surface area (TPSA) is 81.8 Å². The van der Waals surface area contributed by atoms with Gasteiger partial charge in [-0.25, -0.2) is 4.98 Å². The Bertz CT molecular complexity index is 900. The summed E-state index contributed by atoms with van der Waals surface area (Å²) in [6.07, 6.45) is 9.43. The van der Waals surface area contributed by atoms with E-state index in [1.165, 1.54) is 42.8 Å². The summed E-state index contributed by atoms with van der Waals surface area (Å²) < 4.78 is 2.94. The van der Waals surface area contributed by atoms with Crippen molar-refractivity contribution in [3.05, 3.63) is 22.9 Å². The fourth-order valence-electron chi connectivity index (χ4n) is 5.82. The van der Waals surface area contributed by atoms with Crippen molar-refractivity contribution in [1.29, 1.82) is 0 Å². The molecule has 1 N–H and O–H groups in total. The molecule has 2 aromatic rings. The average Bonchev–Trinajstić information content (AvgIpc) is 3.32. The first-order chi connectivity index (χ1) is 12.1. The molecule has 1 amide bonds. The third kappa shape index (κ3) is 2.24. The van der Waals surface area contributed by atoms with Gasteiger partial charge in [-0.05, 0) is 49.4 Å². The number of hydrogen-bond acceptors (Lipinski definition) is 4. The van der Waals surface area contributed by atoms with E-state index in [4.69, 9.17) is 0 Å².